The summed E-state index contributed by atoms with van der Waals surface area (Å²) in [5.41, 5.74) is -0.0667. The Labute approximate surface area is 125 Å². The van der Waals surface area contributed by atoms with Gasteiger partial charge >= 0.3 is 6.18 Å². The summed E-state index contributed by atoms with van der Waals surface area (Å²) in [6.07, 6.45) is 2.84. The van der Waals surface area contributed by atoms with Crippen LogP contribution in [0.25, 0.3) is 0 Å². The van der Waals surface area contributed by atoms with E-state index in [9.17, 15) is 18.0 Å². The minimum atomic E-state index is -4.40. The van der Waals surface area contributed by atoms with Crippen molar-refractivity contribution in [3.63, 3.8) is 0 Å². The molecule has 0 aliphatic heterocycles. The molecule has 7 heteroatoms. The van der Waals surface area contributed by atoms with Gasteiger partial charge in [-0.05, 0) is 25.7 Å². The van der Waals surface area contributed by atoms with Gasteiger partial charge < -0.3 is 5.32 Å². The summed E-state index contributed by atoms with van der Waals surface area (Å²) in [6, 6.07) is 0. The number of hydrogen-bond acceptors (Lipinski definition) is 3. The molecule has 3 nitrogen and oxygen atoms in total. The van der Waals surface area contributed by atoms with Crippen LogP contribution in [0, 0.1) is 0 Å². The van der Waals surface area contributed by atoms with Crippen molar-refractivity contribution in [2.75, 3.05) is 6.54 Å². The van der Waals surface area contributed by atoms with E-state index in [0.29, 0.717) is 18.0 Å². The molecule has 1 aromatic rings. The molecule has 1 N–H and O–H groups in total. The number of nitrogens with zero attached hydrogens (tertiary/aromatic N) is 1. The van der Waals surface area contributed by atoms with Crippen molar-refractivity contribution in [1.82, 2.24) is 10.3 Å². The molecule has 116 valence electrons. The largest absolute Gasteiger partial charge is 0.434 e. The Bertz CT molecular complexity index is 523. The molecule has 1 aromatic heterocycles. The predicted octanol–water partition coefficient (Wildman–Crippen LogP) is 3.71. The summed E-state index contributed by atoms with van der Waals surface area (Å²) in [5, 5.41) is 4.15. The smallest absolute Gasteiger partial charge is 0.352 e. The lowest BCUT2D eigenvalue weighted by molar-refractivity contribution is -0.140. The SMILES string of the molecule is O=C(NCCc1nc(C(F)(F)F)cs1)C1=CCCCCC1. The number of nitrogens with one attached hydrogen (secondary N) is 1. The first-order valence-electron chi connectivity index (χ1n) is 6.95. The van der Waals surface area contributed by atoms with Gasteiger partial charge in [-0.15, -0.1) is 11.3 Å². The van der Waals surface area contributed by atoms with E-state index in [4.69, 9.17) is 0 Å². The first-order chi connectivity index (χ1) is 9.97. The van der Waals surface area contributed by atoms with Crippen LogP contribution in [0.4, 0.5) is 13.2 Å². The standard InChI is InChI=1S/C14H17F3N2OS/c15-14(16,17)11-9-21-12(19-11)7-8-18-13(20)10-5-3-1-2-4-6-10/h5,9H,1-4,6-8H2,(H,18,20). The summed E-state index contributed by atoms with van der Waals surface area (Å²) in [4.78, 5) is 15.5. The third-order valence-electron chi connectivity index (χ3n) is 3.30. The van der Waals surface area contributed by atoms with E-state index in [0.717, 1.165) is 54.4 Å². The van der Waals surface area contributed by atoms with E-state index in [1.54, 1.807) is 0 Å². The third-order valence-corrected chi connectivity index (χ3v) is 4.21. The van der Waals surface area contributed by atoms with E-state index in [2.05, 4.69) is 10.3 Å². The molecule has 0 aromatic carbocycles. The predicted molar refractivity (Wildman–Crippen MR) is 75.0 cm³/mol. The van der Waals surface area contributed by atoms with E-state index in [1.165, 1.54) is 0 Å². The second kappa shape index (κ2) is 7.06. The normalized spacial score (nSPS) is 16.2. The van der Waals surface area contributed by atoms with Crippen LogP contribution < -0.4 is 5.32 Å². The quantitative estimate of drug-likeness (QED) is 0.919. The molecule has 0 bridgehead atoms. The molecule has 0 saturated carbocycles. The molecular weight excluding hydrogens is 301 g/mol. The average molecular weight is 318 g/mol. The maximum Gasteiger partial charge on any atom is 0.434 e. The van der Waals surface area contributed by atoms with Crippen molar-refractivity contribution in [3.8, 4) is 0 Å². The van der Waals surface area contributed by atoms with Crippen LogP contribution >= 0.6 is 11.3 Å². The van der Waals surface area contributed by atoms with Crippen LogP contribution in [0.15, 0.2) is 17.0 Å². The van der Waals surface area contributed by atoms with Crippen molar-refractivity contribution >= 4 is 17.2 Å². The van der Waals surface area contributed by atoms with Gasteiger partial charge in [0.25, 0.3) is 0 Å². The Morgan fingerprint density at radius 3 is 2.86 bits per heavy atom. The van der Waals surface area contributed by atoms with Crippen molar-refractivity contribution in [3.05, 3.63) is 27.7 Å². The minimum Gasteiger partial charge on any atom is -0.352 e. The third kappa shape index (κ3) is 4.84. The van der Waals surface area contributed by atoms with E-state index < -0.39 is 11.9 Å². The average Bonchev–Trinajstić information content (AvgIpc) is 2.73. The minimum absolute atomic E-state index is 0.107. The summed E-state index contributed by atoms with van der Waals surface area (Å²) < 4.78 is 37.2. The van der Waals surface area contributed by atoms with Crippen LogP contribution in [0.3, 0.4) is 0 Å². The Morgan fingerprint density at radius 1 is 1.33 bits per heavy atom. The number of carbonyl (C=O) groups excluding carboxylic acids is 1. The number of hydrogen-bond donors (Lipinski definition) is 1. The highest BCUT2D eigenvalue weighted by Crippen LogP contribution is 2.30. The van der Waals surface area contributed by atoms with Crippen LogP contribution in [0.1, 0.15) is 42.8 Å². The van der Waals surface area contributed by atoms with E-state index >= 15 is 0 Å². The molecule has 21 heavy (non-hydrogen) atoms. The summed E-state index contributed by atoms with van der Waals surface area (Å²) in [7, 11) is 0. The summed E-state index contributed by atoms with van der Waals surface area (Å²) in [6.45, 7) is 0.307. The van der Waals surface area contributed by atoms with Crippen LogP contribution in [0.2, 0.25) is 0 Å². The summed E-state index contributed by atoms with van der Waals surface area (Å²) in [5.74, 6) is -0.107. The van der Waals surface area contributed by atoms with Gasteiger partial charge in [0.2, 0.25) is 5.91 Å². The highest BCUT2D eigenvalue weighted by Gasteiger charge is 2.33. The molecule has 0 saturated heterocycles. The first-order valence-corrected chi connectivity index (χ1v) is 7.83. The van der Waals surface area contributed by atoms with Crippen molar-refractivity contribution in [2.24, 2.45) is 0 Å². The van der Waals surface area contributed by atoms with Crippen LogP contribution in [0.5, 0.6) is 0 Å². The molecule has 0 spiro atoms. The summed E-state index contributed by atoms with van der Waals surface area (Å²) >= 11 is 0.970. The Hall–Kier alpha value is -1.37. The lowest BCUT2D eigenvalue weighted by Crippen LogP contribution is -2.27. The van der Waals surface area contributed by atoms with Crippen molar-refractivity contribution in [1.29, 1.82) is 0 Å². The highest BCUT2D eigenvalue weighted by atomic mass is 32.1. The topological polar surface area (TPSA) is 42.0 Å². The van der Waals surface area contributed by atoms with Crippen LogP contribution in [-0.2, 0) is 17.4 Å². The van der Waals surface area contributed by atoms with Gasteiger partial charge in [0.1, 0.15) is 0 Å². The number of halogens is 3. The van der Waals surface area contributed by atoms with Crippen molar-refractivity contribution < 1.29 is 18.0 Å². The number of aromatic nitrogens is 1. The number of amides is 1. The van der Waals surface area contributed by atoms with Crippen LogP contribution in [-0.4, -0.2) is 17.4 Å². The maximum atomic E-state index is 12.4. The second-order valence-corrected chi connectivity index (χ2v) is 5.90. The Kier molecular flexibility index (Phi) is 5.39. The molecule has 0 unspecified atom stereocenters. The Balaban J connectivity index is 1.80. The number of alkyl halides is 3. The Morgan fingerprint density at radius 2 is 2.14 bits per heavy atom. The fourth-order valence-corrected chi connectivity index (χ4v) is 2.98. The highest BCUT2D eigenvalue weighted by molar-refractivity contribution is 7.09. The van der Waals surface area contributed by atoms with Gasteiger partial charge in [-0.3, -0.25) is 4.79 Å². The van der Waals surface area contributed by atoms with Gasteiger partial charge in [-0.25, -0.2) is 4.98 Å². The van der Waals surface area contributed by atoms with Gasteiger partial charge in [-0.1, -0.05) is 12.5 Å². The second-order valence-electron chi connectivity index (χ2n) is 4.96. The first kappa shape index (κ1) is 16.0. The molecule has 1 aliphatic carbocycles. The lowest BCUT2D eigenvalue weighted by atomic mass is 10.1. The molecule has 1 amide bonds. The molecule has 2 rings (SSSR count). The zero-order valence-corrected chi connectivity index (χ0v) is 12.3. The van der Waals surface area contributed by atoms with Gasteiger partial charge in [0.05, 0.1) is 5.01 Å². The molecule has 1 heterocycles. The van der Waals surface area contributed by atoms with E-state index in [1.807, 2.05) is 6.08 Å². The van der Waals surface area contributed by atoms with Gasteiger partial charge in [-0.2, -0.15) is 13.2 Å². The molecule has 1 aliphatic rings. The molecular formula is C14H17F3N2OS. The van der Waals surface area contributed by atoms with E-state index in [-0.39, 0.29) is 5.91 Å². The fraction of sp³-hybridized carbons (Fsp3) is 0.571. The number of thiazole rings is 1. The van der Waals surface area contributed by atoms with Gasteiger partial charge in [0, 0.05) is 23.9 Å². The molecule has 0 atom stereocenters. The number of allylic oxidation sites excluding steroid dienone is 1. The monoisotopic (exact) mass is 318 g/mol. The lowest BCUT2D eigenvalue weighted by Gasteiger charge is -2.06. The van der Waals surface area contributed by atoms with Gasteiger partial charge in [0.15, 0.2) is 5.69 Å². The molecule has 0 fully saturated rings. The number of rotatable bonds is 4. The molecule has 0 radical (unpaired) electrons. The van der Waals surface area contributed by atoms with Crippen molar-refractivity contribution in [2.45, 2.75) is 44.7 Å². The maximum absolute atomic E-state index is 12.4. The fourth-order valence-electron chi connectivity index (χ4n) is 2.17. The number of carbonyl (C=O) groups is 1. The zero-order chi connectivity index (χ0) is 15.3. The zero-order valence-electron chi connectivity index (χ0n) is 11.5.